The van der Waals surface area contributed by atoms with Crippen LogP contribution < -0.4 is 16.0 Å². The predicted octanol–water partition coefficient (Wildman–Crippen LogP) is 4.88. The van der Waals surface area contributed by atoms with Crippen LogP contribution in [0.3, 0.4) is 0 Å². The zero-order valence-corrected chi connectivity index (χ0v) is 21.0. The Balaban J connectivity index is 1.48. The van der Waals surface area contributed by atoms with Crippen LogP contribution in [-0.2, 0) is 16.6 Å². The smallest absolute Gasteiger partial charge is 0.264 e. The Labute approximate surface area is 217 Å². The van der Waals surface area contributed by atoms with Crippen LogP contribution >= 0.6 is 11.3 Å². The van der Waals surface area contributed by atoms with E-state index in [4.69, 9.17) is 5.73 Å². The van der Waals surface area contributed by atoms with E-state index >= 15 is 8.78 Å². The number of nitrogen functional groups attached to an aromatic ring is 1. The minimum Gasteiger partial charge on any atom is -0.384 e. The SMILES string of the molecule is Nc1cc2c(cn1)cc(-c1c(F)ccc(NS(=O)(=O)c3cc4scnc4cc3F)c1F)c(=O)n2CC1CC1. The van der Waals surface area contributed by atoms with Gasteiger partial charge in [-0.15, -0.1) is 11.3 Å². The molecule has 1 aliphatic rings. The number of nitrogens with zero attached hydrogens (tertiary/aromatic N) is 3. The molecule has 8 nitrogen and oxygen atoms in total. The summed E-state index contributed by atoms with van der Waals surface area (Å²) in [5.41, 5.74) is 5.67. The Morgan fingerprint density at radius 1 is 1.08 bits per heavy atom. The van der Waals surface area contributed by atoms with Gasteiger partial charge in [0.15, 0.2) is 5.82 Å². The lowest BCUT2D eigenvalue weighted by Gasteiger charge is -2.16. The Kier molecular flexibility index (Phi) is 5.65. The van der Waals surface area contributed by atoms with Gasteiger partial charge in [-0.25, -0.2) is 31.6 Å². The Bertz CT molecular complexity index is 1930. The number of aromatic nitrogens is 3. The number of rotatable bonds is 6. The summed E-state index contributed by atoms with van der Waals surface area (Å²) in [7, 11) is -4.63. The van der Waals surface area contributed by atoms with Gasteiger partial charge in [0.05, 0.1) is 38.1 Å². The van der Waals surface area contributed by atoms with E-state index < -0.39 is 49.2 Å². The third-order valence-corrected chi connectivity index (χ3v) is 8.59. The molecule has 38 heavy (non-hydrogen) atoms. The molecule has 3 heterocycles. The Morgan fingerprint density at radius 2 is 1.87 bits per heavy atom. The normalized spacial score (nSPS) is 13.9. The molecule has 0 saturated heterocycles. The third kappa shape index (κ3) is 4.17. The molecule has 6 rings (SSSR count). The fourth-order valence-corrected chi connectivity index (χ4v) is 6.27. The van der Waals surface area contributed by atoms with Gasteiger partial charge >= 0.3 is 0 Å². The average molecular weight is 558 g/mol. The molecule has 1 saturated carbocycles. The number of nitrogens with one attached hydrogen (secondary N) is 1. The highest BCUT2D eigenvalue weighted by Crippen LogP contribution is 2.35. The van der Waals surface area contributed by atoms with E-state index in [0.29, 0.717) is 22.1 Å². The third-order valence-electron chi connectivity index (χ3n) is 6.42. The number of hydrogen-bond donors (Lipinski definition) is 2. The lowest BCUT2D eigenvalue weighted by Crippen LogP contribution is -2.24. The standard InChI is InChI=1S/C25H18F3N5O3S2/c26-15-3-4-17(32-38(35,36)21-8-20-18(6-16(21)27)31-11-37-20)24(28)23(15)14-5-13-9-30-22(29)7-19(13)33(25(14)34)10-12-1-2-12/h3-9,11-12,32H,1-2,10H2,(H2,29,30). The molecule has 3 N–H and O–H groups in total. The van der Waals surface area contributed by atoms with E-state index in [1.165, 1.54) is 28.4 Å². The second-order valence-electron chi connectivity index (χ2n) is 9.08. The zero-order chi connectivity index (χ0) is 26.8. The molecule has 13 heteroatoms. The number of sulfonamides is 1. The van der Waals surface area contributed by atoms with Crippen molar-refractivity contribution in [3.63, 3.8) is 0 Å². The second-order valence-corrected chi connectivity index (χ2v) is 11.6. The maximum absolute atomic E-state index is 15.8. The van der Waals surface area contributed by atoms with E-state index in [0.717, 1.165) is 48.4 Å². The number of benzene rings is 2. The van der Waals surface area contributed by atoms with E-state index in [-0.39, 0.29) is 22.8 Å². The summed E-state index contributed by atoms with van der Waals surface area (Å²) < 4.78 is 75.3. The molecule has 3 aromatic heterocycles. The summed E-state index contributed by atoms with van der Waals surface area (Å²) in [6.07, 6.45) is 3.24. The van der Waals surface area contributed by atoms with Crippen LogP contribution in [0.5, 0.6) is 0 Å². The van der Waals surface area contributed by atoms with E-state index in [9.17, 15) is 17.6 Å². The van der Waals surface area contributed by atoms with Crippen molar-refractivity contribution in [1.29, 1.82) is 0 Å². The molecule has 0 aliphatic heterocycles. The van der Waals surface area contributed by atoms with Gasteiger partial charge in [0, 0.05) is 30.3 Å². The maximum atomic E-state index is 15.8. The van der Waals surface area contributed by atoms with Crippen molar-refractivity contribution >= 4 is 54.0 Å². The first-order valence-electron chi connectivity index (χ1n) is 11.5. The lowest BCUT2D eigenvalue weighted by atomic mass is 10.0. The summed E-state index contributed by atoms with van der Waals surface area (Å²) in [4.78, 5) is 20.7. The van der Waals surface area contributed by atoms with Crippen LogP contribution in [0.4, 0.5) is 24.7 Å². The number of hydrogen-bond acceptors (Lipinski definition) is 7. The van der Waals surface area contributed by atoms with Gasteiger partial charge in [0.25, 0.3) is 15.6 Å². The molecule has 1 fully saturated rings. The monoisotopic (exact) mass is 557 g/mol. The van der Waals surface area contributed by atoms with Gasteiger partial charge in [-0.1, -0.05) is 0 Å². The Hall–Kier alpha value is -3.97. The van der Waals surface area contributed by atoms with Gasteiger partial charge in [0.2, 0.25) is 0 Å². The molecule has 0 spiro atoms. The van der Waals surface area contributed by atoms with Crippen LogP contribution in [0.2, 0.25) is 0 Å². The first-order chi connectivity index (χ1) is 18.1. The minimum atomic E-state index is -4.63. The van der Waals surface area contributed by atoms with Crippen molar-refractivity contribution in [2.24, 2.45) is 5.92 Å². The first kappa shape index (κ1) is 24.4. The number of pyridine rings is 2. The maximum Gasteiger partial charge on any atom is 0.264 e. The van der Waals surface area contributed by atoms with Gasteiger partial charge in [-0.05, 0) is 43.0 Å². The van der Waals surface area contributed by atoms with Crippen molar-refractivity contribution < 1.29 is 21.6 Å². The van der Waals surface area contributed by atoms with Crippen molar-refractivity contribution in [3.8, 4) is 11.1 Å². The summed E-state index contributed by atoms with van der Waals surface area (Å²) >= 11 is 1.11. The number of fused-ring (bicyclic) bond motifs is 2. The van der Waals surface area contributed by atoms with Gasteiger partial charge < -0.3 is 10.3 Å². The first-order valence-corrected chi connectivity index (χ1v) is 13.8. The van der Waals surface area contributed by atoms with E-state index in [1.807, 2.05) is 4.72 Å². The van der Waals surface area contributed by atoms with Crippen LogP contribution in [0.1, 0.15) is 12.8 Å². The number of nitrogens with two attached hydrogens (primary N) is 1. The van der Waals surface area contributed by atoms with Gasteiger partial charge in [-0.3, -0.25) is 9.52 Å². The van der Waals surface area contributed by atoms with Crippen LogP contribution in [0.15, 0.2) is 57.8 Å². The fraction of sp³-hybridized carbons (Fsp3) is 0.160. The van der Waals surface area contributed by atoms with Gasteiger partial charge in [0.1, 0.15) is 22.3 Å². The van der Waals surface area contributed by atoms with Gasteiger partial charge in [-0.2, -0.15) is 0 Å². The topological polar surface area (TPSA) is 120 Å². The number of thiazole rings is 1. The molecular formula is C25H18F3N5O3S2. The highest BCUT2D eigenvalue weighted by Gasteiger charge is 2.28. The Morgan fingerprint density at radius 3 is 2.63 bits per heavy atom. The van der Waals surface area contributed by atoms with Crippen LogP contribution in [0.25, 0.3) is 32.2 Å². The molecule has 0 unspecified atom stereocenters. The quantitative estimate of drug-likeness (QED) is 0.307. The van der Waals surface area contributed by atoms with Crippen molar-refractivity contribution in [3.05, 3.63) is 75.9 Å². The van der Waals surface area contributed by atoms with E-state index in [2.05, 4.69) is 9.97 Å². The highest BCUT2D eigenvalue weighted by atomic mass is 32.2. The summed E-state index contributed by atoms with van der Waals surface area (Å²) in [5.74, 6) is -3.03. The van der Waals surface area contributed by atoms with Crippen molar-refractivity contribution in [1.82, 2.24) is 14.5 Å². The average Bonchev–Trinajstić information content (AvgIpc) is 3.58. The summed E-state index contributed by atoms with van der Waals surface area (Å²) in [5, 5.41) is 0.430. The van der Waals surface area contributed by atoms with E-state index in [1.54, 1.807) is 0 Å². The molecule has 0 radical (unpaired) electrons. The highest BCUT2D eigenvalue weighted by molar-refractivity contribution is 7.92. The van der Waals surface area contributed by atoms with Crippen molar-refractivity contribution in [2.75, 3.05) is 10.5 Å². The molecule has 1 aliphatic carbocycles. The molecule has 0 amide bonds. The summed E-state index contributed by atoms with van der Waals surface area (Å²) in [6.45, 7) is 0.335. The van der Waals surface area contributed by atoms with Crippen LogP contribution in [0, 0.1) is 23.4 Å². The summed E-state index contributed by atoms with van der Waals surface area (Å²) in [6, 6.07) is 6.59. The molecule has 0 bridgehead atoms. The lowest BCUT2D eigenvalue weighted by molar-refractivity contribution is 0.569. The number of anilines is 2. The zero-order valence-electron chi connectivity index (χ0n) is 19.4. The van der Waals surface area contributed by atoms with Crippen molar-refractivity contribution in [2.45, 2.75) is 24.3 Å². The predicted molar refractivity (Wildman–Crippen MR) is 139 cm³/mol. The van der Waals surface area contributed by atoms with Crippen LogP contribution in [-0.4, -0.2) is 23.0 Å². The molecule has 5 aromatic rings. The molecular weight excluding hydrogens is 539 g/mol. The molecule has 194 valence electrons. The number of halogens is 3. The molecule has 2 aromatic carbocycles. The minimum absolute atomic E-state index is 0.187. The fourth-order valence-electron chi connectivity index (χ4n) is 4.35. The second kappa shape index (κ2) is 8.81. The largest absolute Gasteiger partial charge is 0.384 e. The molecule has 0 atom stereocenters.